The fourth-order valence-electron chi connectivity index (χ4n) is 3.20. The largest absolute Gasteiger partial charge is 0.319 e. The van der Waals surface area contributed by atoms with Crippen molar-refractivity contribution >= 4 is 22.6 Å². The molecule has 0 aromatic heterocycles. The van der Waals surface area contributed by atoms with Crippen LogP contribution in [0.15, 0.2) is 0 Å². The molecule has 0 aromatic carbocycles. The first-order valence-electron chi connectivity index (χ1n) is 7.47. The lowest BCUT2D eigenvalue weighted by atomic mass is 9.98. The van der Waals surface area contributed by atoms with E-state index in [-0.39, 0.29) is 18.4 Å². The van der Waals surface area contributed by atoms with Gasteiger partial charge in [0.25, 0.3) is 10.2 Å². The summed E-state index contributed by atoms with van der Waals surface area (Å²) in [5, 5.41) is 3.18. The highest BCUT2D eigenvalue weighted by atomic mass is 35.5. The number of hydrogen-bond acceptors (Lipinski definition) is 3. The number of piperidine rings is 2. The summed E-state index contributed by atoms with van der Waals surface area (Å²) in [7, 11) is -1.27. The van der Waals surface area contributed by atoms with E-state index < -0.39 is 10.2 Å². The third-order valence-corrected chi connectivity index (χ3v) is 6.58. The van der Waals surface area contributed by atoms with Crippen LogP contribution in [0.3, 0.4) is 0 Å². The molecule has 20 heavy (non-hydrogen) atoms. The van der Waals surface area contributed by atoms with E-state index in [1.54, 1.807) is 8.61 Å². The lowest BCUT2D eigenvalue weighted by molar-refractivity contribution is 0.217. The van der Waals surface area contributed by atoms with Crippen molar-refractivity contribution in [2.24, 2.45) is 5.92 Å². The van der Waals surface area contributed by atoms with Crippen molar-refractivity contribution in [3.8, 4) is 0 Å². The Bertz CT molecular complexity index is 383. The molecule has 2 saturated heterocycles. The molecule has 0 bridgehead atoms. The predicted molar refractivity (Wildman–Crippen MR) is 84.4 cm³/mol. The monoisotopic (exact) mass is 325 g/mol. The number of hydrogen-bond donors (Lipinski definition) is 1. The summed E-state index contributed by atoms with van der Waals surface area (Å²) in [4.78, 5) is 0. The Hall–Kier alpha value is 0.120. The molecular formula is C13H28ClN3O2S. The molecule has 0 spiro atoms. The van der Waals surface area contributed by atoms with Gasteiger partial charge in [-0.2, -0.15) is 17.0 Å². The Labute approximate surface area is 129 Å². The van der Waals surface area contributed by atoms with Gasteiger partial charge in [0, 0.05) is 25.7 Å². The number of nitrogens with zero attached hydrogens (tertiary/aromatic N) is 2. The topological polar surface area (TPSA) is 52.7 Å². The van der Waals surface area contributed by atoms with Crippen LogP contribution in [-0.4, -0.2) is 56.3 Å². The fourth-order valence-corrected chi connectivity index (χ4v) is 5.08. The first-order chi connectivity index (χ1) is 9.05. The summed E-state index contributed by atoms with van der Waals surface area (Å²) in [6, 6.07) is 0.161. The van der Waals surface area contributed by atoms with E-state index in [2.05, 4.69) is 5.32 Å². The van der Waals surface area contributed by atoms with Crippen LogP contribution in [0.5, 0.6) is 0 Å². The molecule has 0 amide bonds. The Kier molecular flexibility index (Phi) is 7.21. The van der Waals surface area contributed by atoms with Crippen molar-refractivity contribution in [3.63, 3.8) is 0 Å². The number of nitrogens with one attached hydrogen (secondary N) is 1. The maximum absolute atomic E-state index is 12.7. The fraction of sp³-hybridized carbons (Fsp3) is 1.00. The van der Waals surface area contributed by atoms with Gasteiger partial charge in [-0.1, -0.05) is 6.42 Å². The van der Waals surface area contributed by atoms with Crippen molar-refractivity contribution in [2.75, 3.05) is 33.2 Å². The van der Waals surface area contributed by atoms with Crippen molar-refractivity contribution in [2.45, 2.75) is 45.1 Å². The van der Waals surface area contributed by atoms with E-state index in [1.807, 2.05) is 14.0 Å². The first-order valence-corrected chi connectivity index (χ1v) is 8.87. The highest BCUT2D eigenvalue weighted by Gasteiger charge is 2.36. The molecule has 0 radical (unpaired) electrons. The average Bonchev–Trinajstić information content (AvgIpc) is 2.40. The Morgan fingerprint density at radius 1 is 1.10 bits per heavy atom. The van der Waals surface area contributed by atoms with E-state index in [9.17, 15) is 8.42 Å². The highest BCUT2D eigenvalue weighted by molar-refractivity contribution is 7.86. The van der Waals surface area contributed by atoms with Crippen LogP contribution in [0.2, 0.25) is 0 Å². The molecule has 1 N–H and O–H groups in total. The minimum atomic E-state index is -3.23. The summed E-state index contributed by atoms with van der Waals surface area (Å²) in [5.41, 5.74) is 0. The van der Waals surface area contributed by atoms with Crippen molar-refractivity contribution < 1.29 is 8.42 Å². The van der Waals surface area contributed by atoms with Gasteiger partial charge in [0.2, 0.25) is 0 Å². The Balaban J connectivity index is 0.00000200. The second-order valence-electron chi connectivity index (χ2n) is 5.86. The minimum Gasteiger partial charge on any atom is -0.319 e. The van der Waals surface area contributed by atoms with Crippen LogP contribution in [-0.2, 0) is 10.2 Å². The molecule has 1 atom stereocenters. The summed E-state index contributed by atoms with van der Waals surface area (Å²) < 4.78 is 28.7. The summed E-state index contributed by atoms with van der Waals surface area (Å²) in [6.07, 6.45) is 5.09. The third kappa shape index (κ3) is 4.07. The summed E-state index contributed by atoms with van der Waals surface area (Å²) in [5.74, 6) is 0.621. The lowest BCUT2D eigenvalue weighted by Gasteiger charge is -2.39. The Morgan fingerprint density at radius 3 is 2.30 bits per heavy atom. The van der Waals surface area contributed by atoms with Crippen LogP contribution < -0.4 is 5.32 Å². The maximum atomic E-state index is 12.7. The van der Waals surface area contributed by atoms with E-state index in [0.29, 0.717) is 25.6 Å². The average molecular weight is 326 g/mol. The van der Waals surface area contributed by atoms with Gasteiger partial charge in [0.1, 0.15) is 0 Å². The summed E-state index contributed by atoms with van der Waals surface area (Å²) in [6.45, 7) is 5.08. The third-order valence-electron chi connectivity index (χ3n) is 4.43. The molecule has 1 unspecified atom stereocenters. The van der Waals surface area contributed by atoms with Crippen LogP contribution >= 0.6 is 12.4 Å². The van der Waals surface area contributed by atoms with E-state index in [4.69, 9.17) is 0 Å². The number of rotatable bonds is 4. The summed E-state index contributed by atoms with van der Waals surface area (Å²) >= 11 is 0. The zero-order valence-electron chi connectivity index (χ0n) is 12.5. The van der Waals surface area contributed by atoms with E-state index in [1.165, 1.54) is 0 Å². The predicted octanol–water partition coefficient (Wildman–Crippen LogP) is 1.46. The van der Waals surface area contributed by atoms with Gasteiger partial charge < -0.3 is 5.32 Å². The zero-order chi connectivity index (χ0) is 13.9. The van der Waals surface area contributed by atoms with Gasteiger partial charge in [-0.25, -0.2) is 0 Å². The van der Waals surface area contributed by atoms with E-state index in [0.717, 1.165) is 38.6 Å². The normalized spacial score (nSPS) is 27.2. The van der Waals surface area contributed by atoms with Crippen molar-refractivity contribution in [3.05, 3.63) is 0 Å². The van der Waals surface area contributed by atoms with E-state index >= 15 is 0 Å². The molecule has 0 aliphatic carbocycles. The number of halogens is 1. The minimum absolute atomic E-state index is 0. The smallest absolute Gasteiger partial charge is 0.282 e. The molecule has 2 heterocycles. The first kappa shape index (κ1) is 18.2. The molecule has 2 aliphatic heterocycles. The van der Waals surface area contributed by atoms with Gasteiger partial charge >= 0.3 is 0 Å². The Morgan fingerprint density at radius 2 is 1.75 bits per heavy atom. The standard InChI is InChI=1S/C13H27N3O2S.ClH/c1-12-5-3-4-8-16(12)19(17,18)15-9-6-13(7-10-15)11-14-2;/h12-14H,3-11H2,1-2H3;1H. The van der Waals surface area contributed by atoms with Gasteiger partial charge in [-0.3, -0.25) is 0 Å². The molecule has 2 aliphatic rings. The molecule has 7 heteroatoms. The van der Waals surface area contributed by atoms with Crippen LogP contribution in [0.25, 0.3) is 0 Å². The molecule has 2 fully saturated rings. The van der Waals surface area contributed by atoms with Gasteiger partial charge in [0.05, 0.1) is 0 Å². The second kappa shape index (κ2) is 7.94. The maximum Gasteiger partial charge on any atom is 0.282 e. The molecule has 2 rings (SSSR count). The molecule has 5 nitrogen and oxygen atoms in total. The quantitative estimate of drug-likeness (QED) is 0.851. The molecule has 120 valence electrons. The lowest BCUT2D eigenvalue weighted by Crippen LogP contribution is -2.52. The second-order valence-corrected chi connectivity index (χ2v) is 7.74. The van der Waals surface area contributed by atoms with Crippen molar-refractivity contribution in [1.29, 1.82) is 0 Å². The zero-order valence-corrected chi connectivity index (χ0v) is 14.2. The SMILES string of the molecule is CNCC1CCN(S(=O)(=O)N2CCCCC2C)CC1.Cl. The van der Waals surface area contributed by atoms with Crippen LogP contribution in [0.1, 0.15) is 39.0 Å². The highest BCUT2D eigenvalue weighted by Crippen LogP contribution is 2.25. The van der Waals surface area contributed by atoms with Gasteiger partial charge in [0.15, 0.2) is 0 Å². The van der Waals surface area contributed by atoms with Crippen LogP contribution in [0, 0.1) is 5.92 Å². The van der Waals surface area contributed by atoms with Gasteiger partial charge in [-0.15, -0.1) is 12.4 Å². The van der Waals surface area contributed by atoms with Crippen LogP contribution in [0.4, 0.5) is 0 Å². The molecule has 0 aromatic rings. The van der Waals surface area contributed by atoms with Gasteiger partial charge in [-0.05, 0) is 52.1 Å². The van der Waals surface area contributed by atoms with Crippen molar-refractivity contribution in [1.82, 2.24) is 13.9 Å². The molecular weight excluding hydrogens is 298 g/mol. The molecule has 0 saturated carbocycles.